The number of carbonyl (C=O) groups excluding carboxylic acids is 1. The normalized spacial score (nSPS) is 10.5. The molecule has 1 amide bonds. The smallest absolute Gasteiger partial charge is 0.237 e. The van der Waals surface area contributed by atoms with E-state index in [2.05, 4.69) is 62.5 Å². The van der Waals surface area contributed by atoms with E-state index in [-0.39, 0.29) is 24.4 Å². The van der Waals surface area contributed by atoms with Crippen LogP contribution < -0.4 is 5.32 Å². The summed E-state index contributed by atoms with van der Waals surface area (Å²) in [5.41, 5.74) is 2.50. The molecule has 0 bridgehead atoms. The predicted molar refractivity (Wildman–Crippen MR) is 101 cm³/mol. The van der Waals surface area contributed by atoms with E-state index in [1.54, 1.807) is 18.4 Å². The summed E-state index contributed by atoms with van der Waals surface area (Å²) in [4.78, 5) is 16.6. The lowest BCUT2D eigenvalue weighted by atomic mass is 10.1. The van der Waals surface area contributed by atoms with Crippen molar-refractivity contribution in [2.45, 2.75) is 33.4 Å². The average Bonchev–Trinajstić information content (AvgIpc) is 2.94. The van der Waals surface area contributed by atoms with Crippen molar-refractivity contribution in [3.8, 4) is 10.4 Å². The Bertz CT molecular complexity index is 622. The van der Waals surface area contributed by atoms with E-state index in [9.17, 15) is 4.79 Å². The Balaban J connectivity index is 0.00000264. The molecule has 3 nitrogen and oxygen atoms in total. The van der Waals surface area contributed by atoms with Crippen LogP contribution in [0.2, 0.25) is 0 Å². The Morgan fingerprint density at radius 2 is 1.83 bits per heavy atom. The molecule has 0 saturated carbocycles. The van der Waals surface area contributed by atoms with Crippen LogP contribution in [-0.4, -0.2) is 30.4 Å². The van der Waals surface area contributed by atoms with Gasteiger partial charge >= 0.3 is 0 Å². The zero-order valence-corrected chi connectivity index (χ0v) is 15.8. The Morgan fingerprint density at radius 3 is 2.39 bits per heavy atom. The van der Waals surface area contributed by atoms with E-state index in [1.807, 2.05) is 4.90 Å². The van der Waals surface area contributed by atoms with Gasteiger partial charge in [-0.2, -0.15) is 0 Å². The molecule has 0 radical (unpaired) electrons. The van der Waals surface area contributed by atoms with Crippen molar-refractivity contribution in [2.75, 3.05) is 13.6 Å². The molecule has 0 aliphatic rings. The summed E-state index contributed by atoms with van der Waals surface area (Å²) >= 11 is 1.76. The lowest BCUT2D eigenvalue weighted by Gasteiger charge is -2.26. The zero-order chi connectivity index (χ0) is 16.1. The van der Waals surface area contributed by atoms with Gasteiger partial charge in [0.1, 0.15) is 0 Å². The second-order valence-corrected chi connectivity index (χ2v) is 6.95. The fraction of sp³-hybridized carbons (Fsp3) is 0.389. The molecule has 126 valence electrons. The standard InChI is InChI=1S/C18H24N2OS.ClH/c1-13(2)20(18(21)11-19-4)12-16-9-10-17(22-16)15-7-5-14(3)6-8-15;/h5-10,13,19H,11-12H2,1-4H3;1H. The fourth-order valence-electron chi connectivity index (χ4n) is 2.32. The highest BCUT2D eigenvalue weighted by Crippen LogP contribution is 2.29. The molecule has 1 aromatic heterocycles. The zero-order valence-electron chi connectivity index (χ0n) is 14.1. The number of hydrogen-bond acceptors (Lipinski definition) is 3. The van der Waals surface area contributed by atoms with Gasteiger partial charge in [0.2, 0.25) is 5.91 Å². The molecule has 1 heterocycles. The first-order valence-corrected chi connectivity index (χ1v) is 8.42. The molecule has 5 heteroatoms. The van der Waals surface area contributed by atoms with Crippen LogP contribution in [0.5, 0.6) is 0 Å². The molecular weight excluding hydrogens is 328 g/mol. The van der Waals surface area contributed by atoms with Gasteiger partial charge in [0.25, 0.3) is 0 Å². The minimum absolute atomic E-state index is 0. The maximum atomic E-state index is 12.2. The molecule has 2 aromatic rings. The summed E-state index contributed by atoms with van der Waals surface area (Å²) in [5.74, 6) is 0.141. The van der Waals surface area contributed by atoms with Crippen molar-refractivity contribution in [1.82, 2.24) is 10.2 Å². The average molecular weight is 353 g/mol. The highest BCUT2D eigenvalue weighted by molar-refractivity contribution is 7.15. The lowest BCUT2D eigenvalue weighted by molar-refractivity contribution is -0.132. The Labute approximate surface area is 149 Å². The molecule has 0 aliphatic heterocycles. The number of nitrogens with one attached hydrogen (secondary N) is 1. The van der Waals surface area contributed by atoms with E-state index >= 15 is 0 Å². The minimum Gasteiger partial charge on any atom is -0.334 e. The number of carbonyl (C=O) groups is 1. The highest BCUT2D eigenvalue weighted by atomic mass is 35.5. The predicted octanol–water partition coefficient (Wildman–Crippen LogP) is 4.10. The number of nitrogens with zero attached hydrogens (tertiary/aromatic N) is 1. The van der Waals surface area contributed by atoms with Gasteiger partial charge in [-0.3, -0.25) is 4.79 Å². The highest BCUT2D eigenvalue weighted by Gasteiger charge is 2.17. The molecule has 0 fully saturated rings. The van der Waals surface area contributed by atoms with Crippen LogP contribution >= 0.6 is 23.7 Å². The maximum Gasteiger partial charge on any atom is 0.237 e. The van der Waals surface area contributed by atoms with Crippen molar-refractivity contribution in [3.63, 3.8) is 0 Å². The molecule has 2 rings (SSSR count). The summed E-state index contributed by atoms with van der Waals surface area (Å²) in [7, 11) is 1.80. The Kier molecular flexibility index (Phi) is 7.76. The molecule has 0 aliphatic carbocycles. The maximum absolute atomic E-state index is 12.2. The van der Waals surface area contributed by atoms with Gasteiger partial charge in [0.05, 0.1) is 13.1 Å². The first-order valence-electron chi connectivity index (χ1n) is 7.61. The van der Waals surface area contributed by atoms with Crippen LogP contribution in [0.25, 0.3) is 10.4 Å². The van der Waals surface area contributed by atoms with Crippen molar-refractivity contribution >= 4 is 29.7 Å². The van der Waals surface area contributed by atoms with Gasteiger partial charge in [0, 0.05) is 15.8 Å². The summed E-state index contributed by atoms with van der Waals surface area (Å²) in [5, 5.41) is 2.94. The summed E-state index contributed by atoms with van der Waals surface area (Å²) < 4.78 is 0. The van der Waals surface area contributed by atoms with Crippen LogP contribution in [0.4, 0.5) is 0 Å². The van der Waals surface area contributed by atoms with E-state index in [1.165, 1.54) is 20.9 Å². The molecule has 0 atom stereocenters. The van der Waals surface area contributed by atoms with Gasteiger partial charge in [0.15, 0.2) is 0 Å². The molecule has 0 unspecified atom stereocenters. The number of hydrogen-bond donors (Lipinski definition) is 1. The number of amides is 1. The first kappa shape index (κ1) is 19.7. The number of aryl methyl sites for hydroxylation is 1. The van der Waals surface area contributed by atoms with Gasteiger partial charge < -0.3 is 10.2 Å². The number of benzene rings is 1. The Hall–Kier alpha value is -1.36. The number of likely N-dealkylation sites (N-methyl/N-ethyl adjacent to an activating group) is 1. The molecule has 1 aromatic carbocycles. The number of thiophene rings is 1. The van der Waals surface area contributed by atoms with Gasteiger partial charge in [-0.25, -0.2) is 0 Å². The first-order chi connectivity index (χ1) is 10.5. The molecule has 1 N–H and O–H groups in total. The summed E-state index contributed by atoms with van der Waals surface area (Å²) in [6, 6.07) is 13.0. The fourth-order valence-corrected chi connectivity index (χ4v) is 3.33. The van der Waals surface area contributed by atoms with E-state index in [0.29, 0.717) is 13.1 Å². The summed E-state index contributed by atoms with van der Waals surface area (Å²) in [6.45, 7) is 7.27. The third-order valence-electron chi connectivity index (χ3n) is 3.60. The molecule has 0 spiro atoms. The third-order valence-corrected chi connectivity index (χ3v) is 4.71. The van der Waals surface area contributed by atoms with E-state index in [0.717, 1.165) is 0 Å². The van der Waals surface area contributed by atoms with Gasteiger partial charge in [-0.1, -0.05) is 29.8 Å². The van der Waals surface area contributed by atoms with Crippen LogP contribution in [0, 0.1) is 6.92 Å². The lowest BCUT2D eigenvalue weighted by Crippen LogP contribution is -2.40. The largest absolute Gasteiger partial charge is 0.334 e. The van der Waals surface area contributed by atoms with E-state index in [4.69, 9.17) is 0 Å². The molecular formula is C18H25ClN2OS. The van der Waals surface area contributed by atoms with Crippen molar-refractivity contribution in [1.29, 1.82) is 0 Å². The summed E-state index contributed by atoms with van der Waals surface area (Å²) in [6.07, 6.45) is 0. The van der Waals surface area contributed by atoms with Crippen LogP contribution in [0.3, 0.4) is 0 Å². The van der Waals surface area contributed by atoms with Crippen LogP contribution in [-0.2, 0) is 11.3 Å². The van der Waals surface area contributed by atoms with Crippen molar-refractivity contribution < 1.29 is 4.79 Å². The third kappa shape index (κ3) is 5.34. The number of halogens is 1. The Morgan fingerprint density at radius 1 is 1.17 bits per heavy atom. The van der Waals surface area contributed by atoms with Crippen molar-refractivity contribution in [3.05, 3.63) is 46.8 Å². The van der Waals surface area contributed by atoms with Crippen LogP contribution in [0.1, 0.15) is 24.3 Å². The molecule has 23 heavy (non-hydrogen) atoms. The monoisotopic (exact) mass is 352 g/mol. The molecule has 0 saturated heterocycles. The number of rotatable bonds is 6. The van der Waals surface area contributed by atoms with Gasteiger partial charge in [-0.15, -0.1) is 23.7 Å². The van der Waals surface area contributed by atoms with Gasteiger partial charge in [-0.05, 0) is 45.5 Å². The quantitative estimate of drug-likeness (QED) is 0.848. The van der Waals surface area contributed by atoms with E-state index < -0.39 is 0 Å². The topological polar surface area (TPSA) is 32.3 Å². The second kappa shape index (κ2) is 9.06. The van der Waals surface area contributed by atoms with Crippen molar-refractivity contribution in [2.24, 2.45) is 0 Å². The van der Waals surface area contributed by atoms with Crippen LogP contribution in [0.15, 0.2) is 36.4 Å². The SMILES string of the molecule is CNCC(=O)N(Cc1ccc(-c2ccc(C)cc2)s1)C(C)C.Cl. The second-order valence-electron chi connectivity index (χ2n) is 5.78. The minimum atomic E-state index is 0.